The van der Waals surface area contributed by atoms with Crippen LogP contribution in [0.15, 0.2) is 67.2 Å². The number of aromatic nitrogens is 1. The molecule has 0 bridgehead atoms. The lowest BCUT2D eigenvalue weighted by atomic mass is 9.96. The fourth-order valence-electron chi connectivity index (χ4n) is 2.67. The molecule has 2 aromatic carbocycles. The fourth-order valence-corrected chi connectivity index (χ4v) is 2.67. The Morgan fingerprint density at radius 3 is 2.52 bits per heavy atom. The molecule has 0 fully saturated rings. The second-order valence-corrected chi connectivity index (χ2v) is 5.42. The molecule has 0 aliphatic heterocycles. The highest BCUT2D eigenvalue weighted by atomic mass is 14.7. The fraction of sp³-hybridized carbons (Fsp3) is 0.150. The smallest absolute Gasteiger partial charge is 0.0711 e. The minimum Gasteiger partial charge on any atom is -0.253 e. The van der Waals surface area contributed by atoms with E-state index in [4.69, 9.17) is 0 Å². The summed E-state index contributed by atoms with van der Waals surface area (Å²) in [5, 5.41) is 1.20. The van der Waals surface area contributed by atoms with Crippen LogP contribution in [0.2, 0.25) is 0 Å². The minimum atomic E-state index is 0.970. The van der Waals surface area contributed by atoms with Crippen molar-refractivity contribution in [2.75, 3.05) is 0 Å². The molecule has 0 unspecified atom stereocenters. The number of nitrogens with zero attached hydrogens (tertiary/aromatic N) is 1. The average Bonchev–Trinajstić information content (AvgIpc) is 2.52. The van der Waals surface area contributed by atoms with Crippen LogP contribution in [0.5, 0.6) is 0 Å². The summed E-state index contributed by atoms with van der Waals surface area (Å²) < 4.78 is 0. The Morgan fingerprint density at radius 1 is 1.00 bits per heavy atom. The number of aryl methyl sites for hydroxylation is 2. The summed E-state index contributed by atoms with van der Waals surface area (Å²) in [5.74, 6) is 0. The summed E-state index contributed by atoms with van der Waals surface area (Å²) >= 11 is 0. The van der Waals surface area contributed by atoms with Crippen molar-refractivity contribution in [3.05, 3.63) is 84.1 Å². The van der Waals surface area contributed by atoms with E-state index in [9.17, 15) is 0 Å². The molecule has 1 nitrogen and oxygen atoms in total. The van der Waals surface area contributed by atoms with Gasteiger partial charge < -0.3 is 0 Å². The monoisotopic (exact) mass is 273 g/mol. The van der Waals surface area contributed by atoms with Crippen LogP contribution in [-0.4, -0.2) is 4.98 Å². The number of fused-ring (bicyclic) bond motifs is 1. The maximum Gasteiger partial charge on any atom is 0.0711 e. The zero-order valence-electron chi connectivity index (χ0n) is 12.3. The molecular formula is C20H19N. The first-order valence-corrected chi connectivity index (χ1v) is 7.32. The first kappa shape index (κ1) is 13.6. The number of rotatable bonds is 4. The molecule has 0 spiro atoms. The molecule has 0 N–H and O–H groups in total. The van der Waals surface area contributed by atoms with E-state index in [0.717, 1.165) is 24.1 Å². The third-order valence-electron chi connectivity index (χ3n) is 3.78. The Bertz CT molecular complexity index is 772. The molecule has 0 saturated carbocycles. The number of para-hydroxylation sites is 1. The van der Waals surface area contributed by atoms with E-state index in [0.29, 0.717) is 0 Å². The van der Waals surface area contributed by atoms with Gasteiger partial charge in [0.15, 0.2) is 0 Å². The number of hydrogen-bond acceptors (Lipinski definition) is 1. The minimum absolute atomic E-state index is 0.970. The van der Waals surface area contributed by atoms with Crippen molar-refractivity contribution in [2.45, 2.75) is 19.8 Å². The van der Waals surface area contributed by atoms with Gasteiger partial charge in [0.2, 0.25) is 0 Å². The van der Waals surface area contributed by atoms with Crippen molar-refractivity contribution < 1.29 is 0 Å². The van der Waals surface area contributed by atoms with Gasteiger partial charge in [0, 0.05) is 11.1 Å². The highest BCUT2D eigenvalue weighted by molar-refractivity contribution is 5.91. The molecule has 104 valence electrons. The van der Waals surface area contributed by atoms with E-state index in [1.807, 2.05) is 13.0 Å². The summed E-state index contributed by atoms with van der Waals surface area (Å²) in [6.07, 6.45) is 1.99. The lowest BCUT2D eigenvalue weighted by Crippen LogP contribution is -1.93. The highest BCUT2D eigenvalue weighted by Gasteiger charge is 2.07. The van der Waals surface area contributed by atoms with Crippen LogP contribution in [0, 0.1) is 6.92 Å². The van der Waals surface area contributed by atoms with Gasteiger partial charge in [-0.2, -0.15) is 0 Å². The van der Waals surface area contributed by atoms with Crippen LogP contribution in [0.3, 0.4) is 0 Å². The van der Waals surface area contributed by atoms with Gasteiger partial charge in [-0.3, -0.25) is 4.98 Å². The van der Waals surface area contributed by atoms with Gasteiger partial charge >= 0.3 is 0 Å². The van der Waals surface area contributed by atoms with Gasteiger partial charge in [-0.05, 0) is 48.6 Å². The van der Waals surface area contributed by atoms with Gasteiger partial charge in [0.1, 0.15) is 0 Å². The first-order chi connectivity index (χ1) is 10.2. The average molecular weight is 273 g/mol. The lowest BCUT2D eigenvalue weighted by molar-refractivity contribution is 1.02. The van der Waals surface area contributed by atoms with Crippen molar-refractivity contribution in [1.29, 1.82) is 0 Å². The maximum atomic E-state index is 4.60. The number of pyridine rings is 1. The number of benzene rings is 2. The maximum absolute atomic E-state index is 4.60. The van der Waals surface area contributed by atoms with Gasteiger partial charge in [0.05, 0.1) is 5.52 Å². The zero-order valence-corrected chi connectivity index (χ0v) is 12.3. The molecule has 0 saturated heterocycles. The first-order valence-electron chi connectivity index (χ1n) is 7.32. The van der Waals surface area contributed by atoms with Crippen LogP contribution in [-0.2, 0) is 6.42 Å². The molecule has 0 aliphatic rings. The molecule has 3 rings (SSSR count). The van der Waals surface area contributed by atoms with E-state index in [2.05, 4.69) is 66.2 Å². The van der Waals surface area contributed by atoms with Crippen molar-refractivity contribution in [1.82, 2.24) is 4.98 Å². The van der Waals surface area contributed by atoms with Crippen LogP contribution in [0.25, 0.3) is 16.5 Å². The highest BCUT2D eigenvalue weighted by Crippen LogP contribution is 2.26. The topological polar surface area (TPSA) is 12.9 Å². The van der Waals surface area contributed by atoms with Crippen LogP contribution in [0.4, 0.5) is 0 Å². The van der Waals surface area contributed by atoms with E-state index >= 15 is 0 Å². The van der Waals surface area contributed by atoms with Gasteiger partial charge in [-0.15, -0.1) is 0 Å². The van der Waals surface area contributed by atoms with Crippen LogP contribution in [0.1, 0.15) is 23.2 Å². The SMILES string of the molecule is C=C(CCc1ccccc1)c1cc(C)nc2ccccc12. The van der Waals surface area contributed by atoms with Crippen molar-refractivity contribution >= 4 is 16.5 Å². The predicted molar refractivity (Wildman–Crippen MR) is 90.3 cm³/mol. The Balaban J connectivity index is 1.88. The molecule has 21 heavy (non-hydrogen) atoms. The van der Waals surface area contributed by atoms with Gasteiger partial charge in [-0.1, -0.05) is 55.1 Å². The summed E-state index contributed by atoms with van der Waals surface area (Å²) in [6.45, 7) is 6.35. The van der Waals surface area contributed by atoms with Crippen molar-refractivity contribution in [3.63, 3.8) is 0 Å². The summed E-state index contributed by atoms with van der Waals surface area (Å²) in [6, 6.07) is 21.0. The normalized spacial score (nSPS) is 10.7. The third kappa shape index (κ3) is 3.03. The Labute approximate surface area is 126 Å². The van der Waals surface area contributed by atoms with Crippen molar-refractivity contribution in [2.24, 2.45) is 0 Å². The largest absolute Gasteiger partial charge is 0.253 e. The summed E-state index contributed by atoms with van der Waals surface area (Å²) in [5.41, 5.74) is 5.86. The van der Waals surface area contributed by atoms with Gasteiger partial charge in [-0.25, -0.2) is 0 Å². The van der Waals surface area contributed by atoms with E-state index in [-0.39, 0.29) is 0 Å². The third-order valence-corrected chi connectivity index (χ3v) is 3.78. The molecule has 1 heterocycles. The van der Waals surface area contributed by atoms with E-state index < -0.39 is 0 Å². The second-order valence-electron chi connectivity index (χ2n) is 5.42. The molecule has 0 aliphatic carbocycles. The standard InChI is InChI=1S/C20H19N/c1-15(12-13-17-8-4-3-5-9-17)19-14-16(2)21-20-11-7-6-10-18(19)20/h3-11,14H,1,12-13H2,2H3. The Morgan fingerprint density at radius 2 is 1.71 bits per heavy atom. The second kappa shape index (κ2) is 5.92. The molecule has 1 aromatic heterocycles. The molecule has 3 aromatic rings. The lowest BCUT2D eigenvalue weighted by Gasteiger charge is -2.11. The summed E-state index contributed by atoms with van der Waals surface area (Å²) in [7, 11) is 0. The van der Waals surface area contributed by atoms with E-state index in [1.54, 1.807) is 0 Å². The zero-order chi connectivity index (χ0) is 14.7. The molecule has 0 radical (unpaired) electrons. The Kier molecular flexibility index (Phi) is 3.83. The Hall–Kier alpha value is -2.41. The molecule has 0 atom stereocenters. The van der Waals surface area contributed by atoms with Crippen LogP contribution >= 0.6 is 0 Å². The van der Waals surface area contributed by atoms with Crippen molar-refractivity contribution in [3.8, 4) is 0 Å². The quantitative estimate of drug-likeness (QED) is 0.637. The summed E-state index contributed by atoms with van der Waals surface area (Å²) in [4.78, 5) is 4.60. The molecule has 1 heteroatoms. The number of hydrogen-bond donors (Lipinski definition) is 0. The number of allylic oxidation sites excluding steroid dienone is 1. The predicted octanol–water partition coefficient (Wildman–Crippen LogP) is 5.19. The van der Waals surface area contributed by atoms with E-state index in [1.165, 1.54) is 22.1 Å². The van der Waals surface area contributed by atoms with Gasteiger partial charge in [0.25, 0.3) is 0 Å². The molecular weight excluding hydrogens is 254 g/mol. The van der Waals surface area contributed by atoms with Crippen LogP contribution < -0.4 is 0 Å². The molecule has 0 amide bonds.